The molecular weight excluding hydrogens is 1220 g/mol. The molecule has 6 aliphatic carbocycles. The number of likely N-dealkylation sites (N-methyl/N-ethyl adjacent to an activating group) is 3. The Kier molecular flexibility index (Phi) is 28.2. The lowest BCUT2D eigenvalue weighted by Gasteiger charge is -2.38. The SMILES string of the molecule is CC(C)N[C@@]1(c2ccccc2)CCCCC1=O.CN[C@@]1(c2cncs2)CCCCC1=O.CN[C@@]1(c2nccs2)CCCCC1=O.CN[C@@]1(c2sccc2F)CCCCC1=O.Cc1ccccc1[C@]1(N)CCCCC1=O.O=C1CCCC[C@@]1(NCCO)c1ccccc1. The van der Waals surface area contributed by atoms with Gasteiger partial charge in [0.2, 0.25) is 0 Å². The second-order valence-corrected chi connectivity index (χ2v) is 28.0. The third-order valence-corrected chi connectivity index (χ3v) is 22.2. The number of nitrogens with two attached hydrogens (primary N) is 1. The van der Waals surface area contributed by atoms with E-state index in [1.165, 1.54) is 17.4 Å². The lowest BCUT2D eigenvalue weighted by molar-refractivity contribution is -0.129. The highest BCUT2D eigenvalue weighted by molar-refractivity contribution is 7.10. The summed E-state index contributed by atoms with van der Waals surface area (Å²) < 4.78 is 13.6. The molecule has 0 radical (unpaired) electrons. The van der Waals surface area contributed by atoms with E-state index in [1.54, 1.807) is 46.8 Å². The van der Waals surface area contributed by atoms with E-state index in [4.69, 9.17) is 10.8 Å². The molecule has 3 aromatic heterocycles. The number of thiophene rings is 1. The Bertz CT molecular complexity index is 3230. The lowest BCUT2D eigenvalue weighted by atomic mass is 9.75. The van der Waals surface area contributed by atoms with Gasteiger partial charge in [-0.15, -0.1) is 34.0 Å². The fourth-order valence-electron chi connectivity index (χ4n) is 14.2. The van der Waals surface area contributed by atoms with Crippen LogP contribution in [-0.4, -0.2) is 90.1 Å². The standard InChI is InChI=1S/C15H21NO.C14H19NO2.C13H17NO.C11H14FNOS.2C10H14N2OS/c1-12(2)16-15(11-7-6-10-14(15)17)13-8-4-3-5-9-13;16-11-10-15-14(9-5-4-8-13(14)17)12-6-2-1-3-7-12;1-10-6-2-3-7-11(10)13(14)9-5-4-8-12(13)15;1-13-11(6-3-2-4-9(11)14)10-8(12)5-7-15-10;1-11-10(9-6-12-7-14-9)5-3-2-4-8(10)13;1-11-10(9-12-6-7-14-9)5-3-2-4-8(10)13/h3-5,8-9,12,16H,6-7,10-11H2,1-2H3;1-3,6-7,15-16H,4-5,8-11H2;2-3,6-7H,4-5,8-9,14H2,1H3;5,7,13H,2-4,6H2,1H3;2*6-7,11H,2-5H2,1H3/t15-;14-;13-;11-;2*10-/m111000/s1. The van der Waals surface area contributed by atoms with E-state index in [-0.39, 0.29) is 29.8 Å². The van der Waals surface area contributed by atoms with Crippen LogP contribution < -0.4 is 32.3 Å². The van der Waals surface area contributed by atoms with Crippen LogP contribution in [0.2, 0.25) is 0 Å². The van der Waals surface area contributed by atoms with Crippen molar-refractivity contribution in [2.24, 2.45) is 5.73 Å². The molecule has 0 amide bonds. The van der Waals surface area contributed by atoms with Crippen LogP contribution in [0, 0.1) is 12.7 Å². The highest BCUT2D eigenvalue weighted by Crippen LogP contribution is 2.41. The molecule has 6 fully saturated rings. The molecule has 15 nitrogen and oxygen atoms in total. The summed E-state index contributed by atoms with van der Waals surface area (Å²) in [5.41, 5.74) is 8.96. The Labute approximate surface area is 557 Å². The van der Waals surface area contributed by atoms with Gasteiger partial charge in [0.15, 0.2) is 34.7 Å². The summed E-state index contributed by atoms with van der Waals surface area (Å²) in [7, 11) is 5.45. The van der Waals surface area contributed by atoms with E-state index < -0.39 is 33.2 Å². The molecule has 0 bridgehead atoms. The molecule has 6 aromatic rings. The molecule has 8 N–H and O–H groups in total. The van der Waals surface area contributed by atoms with Crippen LogP contribution in [0.4, 0.5) is 4.39 Å². The number of ketones is 6. The minimum Gasteiger partial charge on any atom is -0.395 e. The Hall–Kier alpha value is -5.71. The fraction of sp³-hybridized carbons (Fsp3) is 0.534. The molecule has 6 aliphatic rings. The zero-order valence-corrected chi connectivity index (χ0v) is 57.4. The third-order valence-electron chi connectivity index (χ3n) is 19.3. The first-order valence-corrected chi connectivity index (χ1v) is 35.9. The van der Waals surface area contributed by atoms with E-state index in [1.807, 2.05) is 105 Å². The summed E-state index contributed by atoms with van der Waals surface area (Å²) in [6, 6.07) is 29.7. The number of nitrogens with one attached hydrogen (secondary N) is 5. The van der Waals surface area contributed by atoms with Crippen LogP contribution in [0.15, 0.2) is 120 Å². The van der Waals surface area contributed by atoms with Gasteiger partial charge >= 0.3 is 0 Å². The van der Waals surface area contributed by atoms with Crippen molar-refractivity contribution in [1.29, 1.82) is 0 Å². The summed E-state index contributed by atoms with van der Waals surface area (Å²) in [5.74, 6) is 1.27. The van der Waals surface area contributed by atoms with Crippen molar-refractivity contribution in [1.82, 2.24) is 36.6 Å². The maximum Gasteiger partial charge on any atom is 0.159 e. The van der Waals surface area contributed by atoms with Gasteiger partial charge in [-0.2, -0.15) is 0 Å². The number of aliphatic hydroxyl groups excluding tert-OH is 1. The van der Waals surface area contributed by atoms with Crippen LogP contribution >= 0.6 is 34.0 Å². The first-order valence-electron chi connectivity index (χ1n) is 33.3. The van der Waals surface area contributed by atoms with Gasteiger partial charge in [-0.05, 0) is 153 Å². The summed E-state index contributed by atoms with van der Waals surface area (Å²) in [5, 5.41) is 29.7. The predicted octanol–water partition coefficient (Wildman–Crippen LogP) is 12.8. The zero-order chi connectivity index (χ0) is 66.3. The first-order chi connectivity index (χ1) is 44.4. The number of thiazole rings is 2. The van der Waals surface area contributed by atoms with Gasteiger partial charge in [-0.1, -0.05) is 123 Å². The van der Waals surface area contributed by atoms with Gasteiger partial charge in [-0.25, -0.2) is 9.37 Å². The summed E-state index contributed by atoms with van der Waals surface area (Å²) in [4.78, 5) is 82.4. The van der Waals surface area contributed by atoms with Crippen LogP contribution in [-0.2, 0) is 62.0 Å². The predicted molar refractivity (Wildman–Crippen MR) is 368 cm³/mol. The number of Topliss-reactive ketones (excluding diaryl/α,β-unsaturated/α-hetero) is 6. The van der Waals surface area contributed by atoms with E-state index in [9.17, 15) is 33.2 Å². The number of halogens is 1. The Morgan fingerprint density at radius 1 is 0.533 bits per heavy atom. The average Bonchev–Trinajstić information content (AvgIpc) is 1.27. The monoisotopic (exact) mass is 1310 g/mol. The van der Waals surface area contributed by atoms with Crippen LogP contribution in [0.25, 0.3) is 0 Å². The number of carbonyl (C=O) groups excluding carboxylic acids is 6. The number of aryl methyl sites for hydroxylation is 1. The minimum atomic E-state index is -0.753. The second-order valence-electron chi connectivity index (χ2n) is 25.3. The maximum absolute atomic E-state index is 13.6. The van der Waals surface area contributed by atoms with E-state index in [0.29, 0.717) is 79.8 Å². The zero-order valence-electron chi connectivity index (χ0n) is 55.0. The van der Waals surface area contributed by atoms with Crippen molar-refractivity contribution in [2.75, 3.05) is 34.3 Å². The molecule has 6 saturated carbocycles. The number of aliphatic hydroxyl groups is 1. The number of hydrogen-bond acceptors (Lipinski definition) is 18. The topological polar surface area (TPSA) is 235 Å². The molecule has 19 heteroatoms. The molecule has 92 heavy (non-hydrogen) atoms. The summed E-state index contributed by atoms with van der Waals surface area (Å²) in [6.07, 6.45) is 24.9. The maximum atomic E-state index is 13.6. The summed E-state index contributed by atoms with van der Waals surface area (Å²) >= 11 is 4.45. The van der Waals surface area contributed by atoms with E-state index >= 15 is 0 Å². The highest BCUT2D eigenvalue weighted by atomic mass is 32.1. The molecule has 3 aromatic carbocycles. The van der Waals surface area contributed by atoms with E-state index in [2.05, 4.69) is 62.5 Å². The normalized spacial score (nSPS) is 26.5. The molecular formula is C73H99FN8O7S3. The van der Waals surface area contributed by atoms with Crippen molar-refractivity contribution >= 4 is 68.7 Å². The number of aromatic nitrogens is 2. The van der Waals surface area contributed by atoms with Crippen molar-refractivity contribution in [3.8, 4) is 0 Å². The molecule has 0 saturated heterocycles. The average molecular weight is 1320 g/mol. The van der Waals surface area contributed by atoms with Gasteiger partial charge in [0, 0.05) is 68.9 Å². The molecule has 12 rings (SSSR count). The van der Waals surface area contributed by atoms with Crippen molar-refractivity contribution in [3.63, 3.8) is 0 Å². The highest BCUT2D eigenvalue weighted by Gasteiger charge is 2.46. The number of benzene rings is 3. The number of hydrogen-bond donors (Lipinski definition) is 7. The number of nitrogens with zero attached hydrogens (tertiary/aromatic N) is 2. The Morgan fingerprint density at radius 2 is 0.989 bits per heavy atom. The second kappa shape index (κ2) is 35.2. The smallest absolute Gasteiger partial charge is 0.159 e. The first kappa shape index (κ1) is 73.7. The van der Waals surface area contributed by atoms with Gasteiger partial charge in [-0.3, -0.25) is 44.4 Å². The number of carbonyl (C=O) groups is 6. The largest absolute Gasteiger partial charge is 0.395 e. The molecule has 0 unspecified atom stereocenters. The summed E-state index contributed by atoms with van der Waals surface area (Å²) in [6.45, 7) is 6.74. The van der Waals surface area contributed by atoms with Crippen LogP contribution in [0.3, 0.4) is 0 Å². The fourth-order valence-corrected chi connectivity index (χ4v) is 17.0. The molecule has 0 aliphatic heterocycles. The Morgan fingerprint density at radius 3 is 1.41 bits per heavy atom. The Balaban J connectivity index is 0.000000157. The van der Waals surface area contributed by atoms with Gasteiger partial charge in [0.1, 0.15) is 44.1 Å². The van der Waals surface area contributed by atoms with Crippen LogP contribution in [0.5, 0.6) is 0 Å². The molecule has 3 heterocycles. The van der Waals surface area contributed by atoms with E-state index in [0.717, 1.165) is 141 Å². The lowest BCUT2D eigenvalue weighted by Crippen LogP contribution is -2.53. The molecule has 0 spiro atoms. The van der Waals surface area contributed by atoms with Crippen LogP contribution in [0.1, 0.15) is 205 Å². The van der Waals surface area contributed by atoms with Gasteiger partial charge in [0.25, 0.3) is 0 Å². The quantitative estimate of drug-likeness (QED) is 0.0537. The van der Waals surface area contributed by atoms with Crippen molar-refractivity contribution in [3.05, 3.63) is 162 Å². The van der Waals surface area contributed by atoms with Gasteiger partial charge in [0.05, 0.1) is 21.9 Å². The van der Waals surface area contributed by atoms with Gasteiger partial charge < -0.3 is 26.8 Å². The number of rotatable bonds is 14. The molecule has 498 valence electrons. The van der Waals surface area contributed by atoms with Crippen molar-refractivity contribution in [2.45, 2.75) is 214 Å². The van der Waals surface area contributed by atoms with Crippen molar-refractivity contribution < 1.29 is 38.3 Å². The minimum absolute atomic E-state index is 0.0574. The molecule has 6 atom stereocenters. The third kappa shape index (κ3) is 17.2.